The van der Waals surface area contributed by atoms with Crippen molar-refractivity contribution in [3.8, 4) is 0 Å². The number of nitrogens with one attached hydrogen (secondary N) is 2. The molecule has 0 aliphatic heterocycles. The Morgan fingerprint density at radius 3 is 2.47 bits per heavy atom. The van der Waals surface area contributed by atoms with Crippen molar-refractivity contribution in [2.45, 2.75) is 26.8 Å². The van der Waals surface area contributed by atoms with Crippen LogP contribution in [0.2, 0.25) is 5.02 Å². The Hall–Kier alpha value is -0.710. The third-order valence-electron chi connectivity index (χ3n) is 2.66. The molecule has 1 aromatic carbocycles. The second kappa shape index (κ2) is 8.46. The second-order valence-electron chi connectivity index (χ2n) is 4.99. The van der Waals surface area contributed by atoms with Gasteiger partial charge in [0.05, 0.1) is 5.02 Å². The Kier molecular flexibility index (Phi) is 7.28. The maximum atomic E-state index is 13.4. The van der Waals surface area contributed by atoms with Gasteiger partial charge in [-0.05, 0) is 44.1 Å². The van der Waals surface area contributed by atoms with Crippen molar-refractivity contribution in [3.63, 3.8) is 0 Å². The van der Waals surface area contributed by atoms with Gasteiger partial charge in [-0.1, -0.05) is 25.4 Å². The zero-order valence-corrected chi connectivity index (χ0v) is 12.2. The third kappa shape index (κ3) is 6.32. The van der Waals surface area contributed by atoms with E-state index in [9.17, 15) is 8.78 Å². The van der Waals surface area contributed by atoms with Crippen LogP contribution in [0.25, 0.3) is 0 Å². The van der Waals surface area contributed by atoms with E-state index in [-0.39, 0.29) is 5.02 Å². The molecule has 0 unspecified atom stereocenters. The SMILES string of the molecule is CC(C)CNCCCNCc1cc(F)c(Cl)cc1F. The highest BCUT2D eigenvalue weighted by Gasteiger charge is 2.07. The highest BCUT2D eigenvalue weighted by atomic mass is 35.5. The van der Waals surface area contributed by atoms with Crippen molar-refractivity contribution >= 4 is 11.6 Å². The van der Waals surface area contributed by atoms with Crippen molar-refractivity contribution in [1.29, 1.82) is 0 Å². The van der Waals surface area contributed by atoms with Gasteiger partial charge in [-0.2, -0.15) is 0 Å². The summed E-state index contributed by atoms with van der Waals surface area (Å²) >= 11 is 5.49. The summed E-state index contributed by atoms with van der Waals surface area (Å²) in [7, 11) is 0. The van der Waals surface area contributed by atoms with Crippen molar-refractivity contribution < 1.29 is 8.78 Å². The normalized spacial score (nSPS) is 11.3. The molecule has 0 atom stereocenters. The van der Waals surface area contributed by atoms with E-state index in [1.807, 2.05) is 0 Å². The average molecular weight is 291 g/mol. The van der Waals surface area contributed by atoms with Gasteiger partial charge in [0.1, 0.15) is 11.6 Å². The molecule has 1 aromatic rings. The Morgan fingerprint density at radius 2 is 1.79 bits per heavy atom. The molecule has 0 aliphatic rings. The predicted molar refractivity (Wildman–Crippen MR) is 75.4 cm³/mol. The second-order valence-corrected chi connectivity index (χ2v) is 5.39. The standard InChI is InChI=1S/C14H21ClF2N2/c1-10(2)8-18-4-3-5-19-9-11-6-14(17)12(15)7-13(11)16/h6-7,10,18-19H,3-5,8-9H2,1-2H3. The molecule has 0 aliphatic carbocycles. The number of hydrogen-bond donors (Lipinski definition) is 2. The Morgan fingerprint density at radius 1 is 1.11 bits per heavy atom. The van der Waals surface area contributed by atoms with Crippen LogP contribution in [0.4, 0.5) is 8.78 Å². The van der Waals surface area contributed by atoms with Gasteiger partial charge in [-0.25, -0.2) is 8.78 Å². The lowest BCUT2D eigenvalue weighted by molar-refractivity contribution is 0.524. The maximum Gasteiger partial charge on any atom is 0.142 e. The van der Waals surface area contributed by atoms with Gasteiger partial charge in [0.2, 0.25) is 0 Å². The quantitative estimate of drug-likeness (QED) is 0.567. The molecule has 0 aromatic heterocycles. The number of rotatable bonds is 8. The van der Waals surface area contributed by atoms with Crippen LogP contribution in [0.3, 0.4) is 0 Å². The molecule has 5 heteroatoms. The molecule has 0 heterocycles. The van der Waals surface area contributed by atoms with Crippen LogP contribution in [0.1, 0.15) is 25.8 Å². The van der Waals surface area contributed by atoms with E-state index in [2.05, 4.69) is 24.5 Å². The number of halogens is 3. The van der Waals surface area contributed by atoms with Gasteiger partial charge in [-0.15, -0.1) is 0 Å². The molecular formula is C14H21ClF2N2. The van der Waals surface area contributed by atoms with Crippen molar-refractivity contribution in [1.82, 2.24) is 10.6 Å². The summed E-state index contributed by atoms with van der Waals surface area (Å²) in [4.78, 5) is 0. The summed E-state index contributed by atoms with van der Waals surface area (Å²) in [6.07, 6.45) is 0.949. The average Bonchev–Trinajstić information content (AvgIpc) is 2.33. The van der Waals surface area contributed by atoms with Crippen LogP contribution in [0.5, 0.6) is 0 Å². The Balaban J connectivity index is 2.21. The first-order chi connectivity index (χ1) is 9.00. The third-order valence-corrected chi connectivity index (χ3v) is 2.95. The number of benzene rings is 1. The molecule has 19 heavy (non-hydrogen) atoms. The van der Waals surface area contributed by atoms with Gasteiger partial charge in [0.25, 0.3) is 0 Å². The molecule has 2 nitrogen and oxygen atoms in total. The molecule has 108 valence electrons. The lowest BCUT2D eigenvalue weighted by atomic mass is 10.2. The summed E-state index contributed by atoms with van der Waals surface area (Å²) < 4.78 is 26.6. The minimum atomic E-state index is -0.585. The van der Waals surface area contributed by atoms with Crippen LogP contribution in [-0.2, 0) is 6.54 Å². The van der Waals surface area contributed by atoms with Gasteiger partial charge in [0, 0.05) is 12.1 Å². The molecule has 2 N–H and O–H groups in total. The zero-order chi connectivity index (χ0) is 14.3. The molecule has 0 radical (unpaired) electrons. The highest BCUT2D eigenvalue weighted by molar-refractivity contribution is 6.30. The molecular weight excluding hydrogens is 270 g/mol. The summed E-state index contributed by atoms with van der Waals surface area (Å²) in [6, 6.07) is 2.15. The van der Waals surface area contributed by atoms with E-state index in [4.69, 9.17) is 11.6 Å². The van der Waals surface area contributed by atoms with E-state index in [1.165, 1.54) is 0 Å². The summed E-state index contributed by atoms with van der Waals surface area (Å²) in [5.74, 6) is -0.422. The molecule has 0 fully saturated rings. The van der Waals surface area contributed by atoms with Crippen LogP contribution in [-0.4, -0.2) is 19.6 Å². The van der Waals surface area contributed by atoms with E-state index in [0.29, 0.717) is 18.0 Å². The Bertz CT molecular complexity index is 397. The molecule has 0 spiro atoms. The van der Waals surface area contributed by atoms with Crippen molar-refractivity contribution in [2.75, 3.05) is 19.6 Å². The fourth-order valence-electron chi connectivity index (χ4n) is 1.65. The van der Waals surface area contributed by atoms with Gasteiger partial charge in [0.15, 0.2) is 0 Å². The summed E-state index contributed by atoms with van der Waals surface area (Å²) in [5.41, 5.74) is 0.303. The fourth-order valence-corrected chi connectivity index (χ4v) is 1.80. The van der Waals surface area contributed by atoms with Crippen LogP contribution >= 0.6 is 11.6 Å². The van der Waals surface area contributed by atoms with Crippen molar-refractivity contribution in [3.05, 3.63) is 34.4 Å². The predicted octanol–water partition coefficient (Wildman–Crippen LogP) is 3.34. The first kappa shape index (κ1) is 16.3. The van der Waals surface area contributed by atoms with Gasteiger partial charge < -0.3 is 10.6 Å². The summed E-state index contributed by atoms with van der Waals surface area (Å²) in [5, 5.41) is 6.23. The molecule has 0 saturated carbocycles. The molecule has 0 saturated heterocycles. The van der Waals surface area contributed by atoms with Crippen molar-refractivity contribution in [2.24, 2.45) is 5.92 Å². The number of hydrogen-bond acceptors (Lipinski definition) is 2. The highest BCUT2D eigenvalue weighted by Crippen LogP contribution is 2.19. The van der Waals surface area contributed by atoms with E-state index in [1.54, 1.807) is 0 Å². The van der Waals surface area contributed by atoms with Gasteiger partial charge in [-0.3, -0.25) is 0 Å². The molecule has 0 amide bonds. The minimum Gasteiger partial charge on any atom is -0.316 e. The maximum absolute atomic E-state index is 13.4. The van der Waals surface area contributed by atoms with E-state index in [0.717, 1.165) is 38.2 Å². The van der Waals surface area contributed by atoms with Gasteiger partial charge >= 0.3 is 0 Å². The monoisotopic (exact) mass is 290 g/mol. The largest absolute Gasteiger partial charge is 0.316 e. The van der Waals surface area contributed by atoms with Crippen LogP contribution in [0.15, 0.2) is 12.1 Å². The smallest absolute Gasteiger partial charge is 0.142 e. The molecule has 0 bridgehead atoms. The lowest BCUT2D eigenvalue weighted by Gasteiger charge is -2.09. The fraction of sp³-hybridized carbons (Fsp3) is 0.571. The Labute approximate surface area is 118 Å². The minimum absolute atomic E-state index is 0.181. The van der Waals surface area contributed by atoms with E-state index >= 15 is 0 Å². The van der Waals surface area contributed by atoms with Crippen LogP contribution in [0, 0.1) is 17.6 Å². The first-order valence-corrected chi connectivity index (χ1v) is 6.93. The summed E-state index contributed by atoms with van der Waals surface area (Å²) in [6.45, 7) is 7.30. The lowest BCUT2D eigenvalue weighted by Crippen LogP contribution is -2.24. The first-order valence-electron chi connectivity index (χ1n) is 6.55. The zero-order valence-electron chi connectivity index (χ0n) is 11.4. The van der Waals surface area contributed by atoms with Crippen LogP contribution < -0.4 is 10.6 Å². The van der Waals surface area contributed by atoms with E-state index < -0.39 is 11.6 Å². The topological polar surface area (TPSA) is 24.1 Å². The molecule has 1 rings (SSSR count).